The highest BCUT2D eigenvalue weighted by Crippen LogP contribution is 2.38. The highest BCUT2D eigenvalue weighted by Gasteiger charge is 2.12. The molecular formula is C22H27N5OS. The zero-order chi connectivity index (χ0) is 20.8. The van der Waals surface area contributed by atoms with E-state index >= 15 is 0 Å². The predicted octanol–water partition coefficient (Wildman–Crippen LogP) is 4.87. The van der Waals surface area contributed by atoms with Gasteiger partial charge >= 0.3 is 6.03 Å². The summed E-state index contributed by atoms with van der Waals surface area (Å²) in [6.45, 7) is 5.24. The van der Waals surface area contributed by atoms with Gasteiger partial charge in [-0.2, -0.15) is 0 Å². The van der Waals surface area contributed by atoms with Crippen molar-refractivity contribution in [2.45, 2.75) is 20.4 Å². The van der Waals surface area contributed by atoms with Gasteiger partial charge in [-0.15, -0.1) is 11.3 Å². The minimum Gasteiger partial charge on any atom is -0.345 e. The molecular weight excluding hydrogens is 382 g/mol. The van der Waals surface area contributed by atoms with Gasteiger partial charge in [-0.25, -0.2) is 4.79 Å². The number of carbonyl (C=O) groups excluding carboxylic acids is 1. The molecule has 0 aliphatic carbocycles. The molecule has 2 amide bonds. The van der Waals surface area contributed by atoms with Crippen LogP contribution in [0, 0.1) is 5.92 Å². The van der Waals surface area contributed by atoms with Gasteiger partial charge in [0, 0.05) is 40.8 Å². The third-order valence-corrected chi connectivity index (χ3v) is 5.59. The number of aliphatic imine (C=N–C) groups is 1. The van der Waals surface area contributed by atoms with Crippen LogP contribution < -0.4 is 21.7 Å². The molecule has 0 aliphatic heterocycles. The number of amides is 2. The second kappa shape index (κ2) is 9.54. The standard InChI is InChI=1S/C22H27N5OS/c1-14(2)12-25-22(28)27-17-6-4-5-15(9-17)16-7-8-18-19(10-16)29-20(11-23)21(18)26-13-24-3/h4-10,13-14H,11-12,23H2,1-3H3,(H,24,26)(H2,25,27,28). The van der Waals surface area contributed by atoms with Gasteiger partial charge in [0.1, 0.15) is 0 Å². The molecule has 0 radical (unpaired) electrons. The lowest BCUT2D eigenvalue weighted by molar-refractivity contribution is 0.251. The van der Waals surface area contributed by atoms with E-state index in [4.69, 9.17) is 5.73 Å². The zero-order valence-electron chi connectivity index (χ0n) is 17.0. The summed E-state index contributed by atoms with van der Waals surface area (Å²) >= 11 is 1.68. The highest BCUT2D eigenvalue weighted by molar-refractivity contribution is 7.19. The van der Waals surface area contributed by atoms with Crippen molar-refractivity contribution in [3.05, 3.63) is 47.3 Å². The van der Waals surface area contributed by atoms with Crippen LogP contribution in [-0.2, 0) is 6.54 Å². The molecule has 0 aliphatic rings. The molecule has 5 N–H and O–H groups in total. The molecule has 0 saturated heterocycles. The first-order chi connectivity index (χ1) is 14.0. The molecule has 3 rings (SSSR count). The van der Waals surface area contributed by atoms with Crippen molar-refractivity contribution in [3.8, 4) is 11.1 Å². The Hall–Kier alpha value is -2.90. The fraction of sp³-hybridized carbons (Fsp3) is 0.273. The zero-order valence-corrected chi connectivity index (χ0v) is 17.8. The Kier molecular flexibility index (Phi) is 6.85. The molecule has 2 aromatic carbocycles. The number of urea groups is 1. The van der Waals surface area contributed by atoms with Gasteiger partial charge in [0.2, 0.25) is 0 Å². The third kappa shape index (κ3) is 5.13. The van der Waals surface area contributed by atoms with Gasteiger partial charge in [0.15, 0.2) is 0 Å². The third-order valence-electron chi connectivity index (χ3n) is 4.41. The molecule has 1 aromatic heterocycles. The van der Waals surface area contributed by atoms with Gasteiger partial charge in [-0.05, 0) is 35.2 Å². The Morgan fingerprint density at radius 1 is 1.21 bits per heavy atom. The van der Waals surface area contributed by atoms with Crippen LogP contribution >= 0.6 is 11.3 Å². The lowest BCUT2D eigenvalue weighted by Crippen LogP contribution is -2.31. The van der Waals surface area contributed by atoms with Crippen LogP contribution in [0.5, 0.6) is 0 Å². The molecule has 1 heterocycles. The van der Waals surface area contributed by atoms with E-state index in [1.165, 1.54) is 0 Å². The molecule has 0 saturated carbocycles. The normalized spacial score (nSPS) is 11.3. The van der Waals surface area contributed by atoms with Crippen LogP contribution in [0.25, 0.3) is 21.2 Å². The van der Waals surface area contributed by atoms with E-state index in [1.54, 1.807) is 24.7 Å². The summed E-state index contributed by atoms with van der Waals surface area (Å²) in [6.07, 6.45) is 1.67. The number of carbonyl (C=O) groups is 1. The first kappa shape index (κ1) is 20.8. The summed E-state index contributed by atoms with van der Waals surface area (Å²) in [6, 6.07) is 14.0. The van der Waals surface area contributed by atoms with E-state index in [0.717, 1.165) is 37.5 Å². The molecule has 3 aromatic rings. The van der Waals surface area contributed by atoms with Crippen molar-refractivity contribution < 1.29 is 4.79 Å². The number of fused-ring (bicyclic) bond motifs is 1. The Bertz CT molecular complexity index is 1030. The summed E-state index contributed by atoms with van der Waals surface area (Å²) in [5, 5.41) is 10.1. The van der Waals surface area contributed by atoms with Crippen molar-refractivity contribution in [2.75, 3.05) is 24.2 Å². The van der Waals surface area contributed by atoms with Gasteiger partial charge < -0.3 is 21.7 Å². The fourth-order valence-electron chi connectivity index (χ4n) is 3.01. The molecule has 0 fully saturated rings. The van der Waals surface area contributed by atoms with Gasteiger partial charge in [0.05, 0.1) is 12.0 Å². The molecule has 29 heavy (non-hydrogen) atoms. The molecule has 6 nitrogen and oxygen atoms in total. The summed E-state index contributed by atoms with van der Waals surface area (Å²) in [5.41, 5.74) is 9.83. The van der Waals surface area contributed by atoms with Gasteiger partial charge in [-0.3, -0.25) is 4.99 Å². The molecule has 0 unspecified atom stereocenters. The Morgan fingerprint density at radius 2 is 2.00 bits per heavy atom. The van der Waals surface area contributed by atoms with Crippen molar-refractivity contribution in [1.29, 1.82) is 0 Å². The van der Waals surface area contributed by atoms with E-state index in [1.807, 2.05) is 24.3 Å². The van der Waals surface area contributed by atoms with E-state index in [-0.39, 0.29) is 6.03 Å². The number of anilines is 2. The summed E-state index contributed by atoms with van der Waals surface area (Å²) in [4.78, 5) is 17.1. The first-order valence-electron chi connectivity index (χ1n) is 9.59. The van der Waals surface area contributed by atoms with E-state index < -0.39 is 0 Å². The summed E-state index contributed by atoms with van der Waals surface area (Å²) in [5.74, 6) is 0.408. The Balaban J connectivity index is 1.86. The second-order valence-electron chi connectivity index (χ2n) is 7.16. The largest absolute Gasteiger partial charge is 0.345 e. The summed E-state index contributed by atoms with van der Waals surface area (Å²) in [7, 11) is 1.73. The molecule has 152 valence electrons. The number of nitrogens with one attached hydrogen (secondary N) is 3. The summed E-state index contributed by atoms with van der Waals surface area (Å²) < 4.78 is 1.16. The highest BCUT2D eigenvalue weighted by atomic mass is 32.1. The maximum absolute atomic E-state index is 12.0. The topological polar surface area (TPSA) is 91.5 Å². The van der Waals surface area contributed by atoms with Gasteiger partial charge in [0.25, 0.3) is 0 Å². The average Bonchev–Trinajstić information content (AvgIpc) is 3.07. The number of nitrogens with two attached hydrogens (primary N) is 1. The van der Waals surface area contributed by atoms with E-state index in [2.05, 4.69) is 53.0 Å². The average molecular weight is 410 g/mol. The van der Waals surface area contributed by atoms with Crippen LogP contribution in [-0.4, -0.2) is 26.0 Å². The van der Waals surface area contributed by atoms with Crippen molar-refractivity contribution in [2.24, 2.45) is 16.6 Å². The van der Waals surface area contributed by atoms with Gasteiger partial charge in [-0.1, -0.05) is 38.1 Å². The second-order valence-corrected chi connectivity index (χ2v) is 8.29. The number of hydrogen-bond acceptors (Lipinski definition) is 4. The molecule has 0 spiro atoms. The maximum atomic E-state index is 12.0. The van der Waals surface area contributed by atoms with Crippen LogP contribution in [0.15, 0.2) is 47.5 Å². The lowest BCUT2D eigenvalue weighted by Gasteiger charge is -2.10. The number of rotatable bonds is 7. The number of benzene rings is 2. The minimum atomic E-state index is -0.189. The molecule has 0 bridgehead atoms. The van der Waals surface area contributed by atoms with Crippen molar-refractivity contribution >= 4 is 45.2 Å². The lowest BCUT2D eigenvalue weighted by atomic mass is 10.0. The number of thiophene rings is 1. The molecule has 7 heteroatoms. The van der Waals surface area contributed by atoms with Crippen LogP contribution in [0.1, 0.15) is 18.7 Å². The van der Waals surface area contributed by atoms with Crippen molar-refractivity contribution in [3.63, 3.8) is 0 Å². The van der Waals surface area contributed by atoms with Crippen LogP contribution in [0.4, 0.5) is 16.2 Å². The number of hydrogen-bond donors (Lipinski definition) is 4. The Labute approximate surface area is 175 Å². The minimum absolute atomic E-state index is 0.189. The maximum Gasteiger partial charge on any atom is 0.319 e. The monoisotopic (exact) mass is 409 g/mol. The van der Waals surface area contributed by atoms with Crippen molar-refractivity contribution in [1.82, 2.24) is 5.32 Å². The molecule has 0 atom stereocenters. The quantitative estimate of drug-likeness (QED) is 0.331. The van der Waals surface area contributed by atoms with E-state index in [0.29, 0.717) is 19.0 Å². The predicted molar refractivity (Wildman–Crippen MR) is 125 cm³/mol. The smallest absolute Gasteiger partial charge is 0.319 e. The Morgan fingerprint density at radius 3 is 2.72 bits per heavy atom. The van der Waals surface area contributed by atoms with Crippen LogP contribution in [0.2, 0.25) is 0 Å². The number of nitrogens with zero attached hydrogens (tertiary/aromatic N) is 1. The van der Waals surface area contributed by atoms with Crippen LogP contribution in [0.3, 0.4) is 0 Å². The van der Waals surface area contributed by atoms with E-state index in [9.17, 15) is 4.79 Å². The fourth-order valence-corrected chi connectivity index (χ4v) is 4.09. The first-order valence-corrected chi connectivity index (χ1v) is 10.4. The SMILES string of the molecule is CN=CNc1c(CN)sc2cc(-c3cccc(NC(=O)NCC(C)C)c3)ccc12.